The van der Waals surface area contributed by atoms with Gasteiger partial charge in [0.2, 0.25) is 5.95 Å². The molecule has 2 aromatic carbocycles. The van der Waals surface area contributed by atoms with Crippen molar-refractivity contribution in [2.45, 2.75) is 25.8 Å². The summed E-state index contributed by atoms with van der Waals surface area (Å²) in [7, 11) is 0. The van der Waals surface area contributed by atoms with Gasteiger partial charge in [0, 0.05) is 19.1 Å². The van der Waals surface area contributed by atoms with Crippen LogP contribution in [0.4, 0.5) is 11.8 Å². The van der Waals surface area contributed by atoms with Crippen LogP contribution in [-0.4, -0.2) is 43.0 Å². The van der Waals surface area contributed by atoms with Crippen molar-refractivity contribution >= 4 is 28.8 Å². The van der Waals surface area contributed by atoms with Gasteiger partial charge in [-0.15, -0.1) is 0 Å². The molecule has 3 heterocycles. The predicted molar refractivity (Wildman–Crippen MR) is 137 cm³/mol. The highest BCUT2D eigenvalue weighted by Crippen LogP contribution is 2.29. The smallest absolute Gasteiger partial charge is 0.335 e. The van der Waals surface area contributed by atoms with Gasteiger partial charge in [0.15, 0.2) is 11.5 Å². The number of carbonyl (C=O) groups is 1. The average molecular weight is 484 g/mol. The van der Waals surface area contributed by atoms with Crippen LogP contribution < -0.4 is 21.9 Å². The third-order valence-corrected chi connectivity index (χ3v) is 6.18. The summed E-state index contributed by atoms with van der Waals surface area (Å²) in [6, 6.07) is 16.4. The number of ether oxygens (including phenoxy) is 1. The average Bonchev–Trinajstić information content (AvgIpc) is 3.17. The number of hydrogen-bond donors (Lipinski definition) is 2. The molecule has 0 radical (unpaired) electrons. The number of rotatable bonds is 4. The molecule has 1 aliphatic heterocycles. The number of imidazole rings is 1. The Morgan fingerprint density at radius 1 is 1.00 bits per heavy atom. The van der Waals surface area contributed by atoms with Crippen LogP contribution in [0.25, 0.3) is 16.9 Å². The molecule has 182 valence electrons. The van der Waals surface area contributed by atoms with Crippen LogP contribution in [0.5, 0.6) is 11.5 Å². The van der Waals surface area contributed by atoms with E-state index in [1.165, 1.54) is 4.57 Å². The van der Waals surface area contributed by atoms with Gasteiger partial charge in [0.25, 0.3) is 5.91 Å². The Kier molecular flexibility index (Phi) is 6.04. The normalized spacial score (nSPS) is 13.9. The molecule has 2 aromatic heterocycles. The van der Waals surface area contributed by atoms with Gasteiger partial charge in [-0.3, -0.25) is 13.9 Å². The number of benzene rings is 2. The van der Waals surface area contributed by atoms with Crippen molar-refractivity contribution in [2.24, 2.45) is 0 Å². The minimum absolute atomic E-state index is 0.0108. The summed E-state index contributed by atoms with van der Waals surface area (Å²) in [6.45, 7) is 2.60. The largest absolute Gasteiger partial charge is 0.457 e. The summed E-state index contributed by atoms with van der Waals surface area (Å²) in [5, 5.41) is 0. The highest BCUT2D eigenvalue weighted by Gasteiger charge is 2.29. The molecule has 0 atom stereocenters. The van der Waals surface area contributed by atoms with Crippen molar-refractivity contribution in [3.63, 3.8) is 0 Å². The fourth-order valence-electron chi connectivity index (χ4n) is 4.52. The monoisotopic (exact) mass is 483 g/mol. The molecule has 4 aromatic rings. The molecule has 10 heteroatoms. The number of nitrogens with two attached hydrogens (primary N) is 2. The zero-order valence-electron chi connectivity index (χ0n) is 19.7. The molecule has 0 aliphatic carbocycles. The van der Waals surface area contributed by atoms with Crippen LogP contribution in [0.2, 0.25) is 0 Å². The first kappa shape index (κ1) is 23.0. The number of hydrogen-bond acceptors (Lipinski definition) is 7. The Morgan fingerprint density at radius 2 is 1.67 bits per heavy atom. The lowest BCUT2D eigenvalue weighted by atomic mass is 10.0. The lowest BCUT2D eigenvalue weighted by Crippen LogP contribution is -2.40. The molecule has 0 bridgehead atoms. The van der Waals surface area contributed by atoms with Gasteiger partial charge in [-0.1, -0.05) is 24.1 Å². The van der Waals surface area contributed by atoms with Crippen molar-refractivity contribution in [3.05, 3.63) is 65.1 Å². The maximum absolute atomic E-state index is 13.8. The first-order valence-electron chi connectivity index (χ1n) is 11.6. The van der Waals surface area contributed by atoms with Gasteiger partial charge in [-0.2, -0.15) is 9.97 Å². The maximum Gasteiger partial charge on any atom is 0.335 e. The number of fused-ring (bicyclic) bond motifs is 1. The zero-order chi connectivity index (χ0) is 25.2. The summed E-state index contributed by atoms with van der Waals surface area (Å²) < 4.78 is 8.99. The molecule has 1 fully saturated rings. The number of para-hydroxylation sites is 1. The van der Waals surface area contributed by atoms with E-state index in [0.29, 0.717) is 54.3 Å². The molecule has 1 aliphatic rings. The summed E-state index contributed by atoms with van der Waals surface area (Å²) in [6.07, 6.45) is 1.15. The Labute approximate surface area is 207 Å². The first-order valence-corrected chi connectivity index (χ1v) is 11.6. The Balaban J connectivity index is 1.52. The third-order valence-electron chi connectivity index (χ3n) is 6.18. The molecular weight excluding hydrogens is 458 g/mol. The van der Waals surface area contributed by atoms with E-state index >= 15 is 0 Å². The second kappa shape index (κ2) is 9.46. The molecular formula is C26H25N7O3. The molecule has 36 heavy (non-hydrogen) atoms. The summed E-state index contributed by atoms with van der Waals surface area (Å²) in [5.41, 5.74) is 13.2. The van der Waals surface area contributed by atoms with Crippen molar-refractivity contribution in [1.82, 2.24) is 24.0 Å². The van der Waals surface area contributed by atoms with Gasteiger partial charge >= 0.3 is 5.69 Å². The fourth-order valence-corrected chi connectivity index (χ4v) is 4.52. The van der Waals surface area contributed by atoms with Crippen LogP contribution >= 0.6 is 0 Å². The van der Waals surface area contributed by atoms with E-state index in [9.17, 15) is 9.59 Å². The molecule has 0 spiro atoms. The van der Waals surface area contributed by atoms with Gasteiger partial charge in [0.1, 0.15) is 17.0 Å². The molecule has 0 unspecified atom stereocenters. The first-order chi connectivity index (χ1) is 17.5. The van der Waals surface area contributed by atoms with Crippen LogP contribution in [0.1, 0.15) is 25.8 Å². The summed E-state index contributed by atoms with van der Waals surface area (Å²) in [4.78, 5) is 36.1. The number of anilines is 2. The van der Waals surface area contributed by atoms with E-state index in [-0.39, 0.29) is 29.4 Å². The standard InChI is InChI=1S/C26H25N7O3/c1-2-6-21(34)31-15-13-18(14-16-31)33-24-22(23(27)29-25(28)30-24)32(26(33)35)17-9-11-20(12-10-17)36-19-7-4-3-5-8-19/h3-5,7-12,18H,13-16H2,1H3,(H4,27,28,29,30). The second-order valence-electron chi connectivity index (χ2n) is 8.43. The molecule has 0 saturated carbocycles. The molecule has 4 N–H and O–H groups in total. The zero-order valence-corrected chi connectivity index (χ0v) is 19.7. The highest BCUT2D eigenvalue weighted by molar-refractivity contribution is 5.93. The fraction of sp³-hybridized carbons (Fsp3) is 0.231. The molecule has 1 amide bonds. The summed E-state index contributed by atoms with van der Waals surface area (Å²) in [5.74, 6) is 6.44. The van der Waals surface area contributed by atoms with Crippen molar-refractivity contribution in [3.8, 4) is 29.0 Å². The van der Waals surface area contributed by atoms with E-state index in [2.05, 4.69) is 21.8 Å². The number of carbonyl (C=O) groups excluding carboxylic acids is 1. The molecule has 10 nitrogen and oxygen atoms in total. The predicted octanol–water partition coefficient (Wildman–Crippen LogP) is 2.73. The second-order valence-corrected chi connectivity index (χ2v) is 8.43. The van der Waals surface area contributed by atoms with Crippen LogP contribution in [0, 0.1) is 11.8 Å². The van der Waals surface area contributed by atoms with E-state index in [4.69, 9.17) is 16.2 Å². The minimum Gasteiger partial charge on any atom is -0.457 e. The third kappa shape index (κ3) is 4.22. The minimum atomic E-state index is -0.300. The number of nitrogens with zero attached hydrogens (tertiary/aromatic N) is 5. The van der Waals surface area contributed by atoms with Gasteiger partial charge in [0.05, 0.1) is 5.69 Å². The van der Waals surface area contributed by atoms with E-state index < -0.39 is 0 Å². The van der Waals surface area contributed by atoms with Crippen LogP contribution in [-0.2, 0) is 4.79 Å². The maximum atomic E-state index is 13.8. The topological polar surface area (TPSA) is 134 Å². The van der Waals surface area contributed by atoms with E-state index in [1.54, 1.807) is 40.7 Å². The number of likely N-dealkylation sites (tertiary alicyclic amines) is 1. The van der Waals surface area contributed by atoms with Gasteiger partial charge < -0.3 is 21.1 Å². The van der Waals surface area contributed by atoms with Crippen molar-refractivity contribution in [2.75, 3.05) is 24.6 Å². The van der Waals surface area contributed by atoms with Crippen molar-refractivity contribution in [1.29, 1.82) is 0 Å². The number of nitrogen functional groups attached to an aromatic ring is 2. The van der Waals surface area contributed by atoms with E-state index in [0.717, 1.165) is 0 Å². The Morgan fingerprint density at radius 3 is 2.33 bits per heavy atom. The number of amides is 1. The Hall–Kier alpha value is -4.78. The lowest BCUT2D eigenvalue weighted by molar-refractivity contribution is -0.126. The molecule has 1 saturated heterocycles. The Bertz CT molecular complexity index is 1540. The summed E-state index contributed by atoms with van der Waals surface area (Å²) >= 11 is 0. The van der Waals surface area contributed by atoms with Gasteiger partial charge in [-0.05, 0) is 62.1 Å². The highest BCUT2D eigenvalue weighted by atomic mass is 16.5. The van der Waals surface area contributed by atoms with Crippen LogP contribution in [0.3, 0.4) is 0 Å². The molecule has 5 rings (SSSR count). The van der Waals surface area contributed by atoms with Gasteiger partial charge in [-0.25, -0.2) is 4.79 Å². The van der Waals surface area contributed by atoms with Crippen molar-refractivity contribution < 1.29 is 9.53 Å². The number of aromatic nitrogens is 4. The SMILES string of the molecule is CC#CC(=O)N1CCC(n2c(=O)n(-c3ccc(Oc4ccccc4)cc3)c3c(N)nc(N)nc32)CC1. The quantitative estimate of drug-likeness (QED) is 0.426. The van der Waals surface area contributed by atoms with Crippen LogP contribution in [0.15, 0.2) is 59.4 Å². The van der Waals surface area contributed by atoms with E-state index in [1.807, 2.05) is 30.3 Å². The lowest BCUT2D eigenvalue weighted by Gasteiger charge is -2.31. The number of piperidine rings is 1.